The molecule has 3 rings (SSSR count). The second-order valence-corrected chi connectivity index (χ2v) is 6.22. The molecule has 1 aliphatic heterocycles. The van der Waals surface area contributed by atoms with Gasteiger partial charge in [-0.2, -0.15) is 0 Å². The fourth-order valence-electron chi connectivity index (χ4n) is 2.90. The van der Waals surface area contributed by atoms with Gasteiger partial charge < -0.3 is 15.1 Å². The van der Waals surface area contributed by atoms with Crippen molar-refractivity contribution in [2.24, 2.45) is 0 Å². The summed E-state index contributed by atoms with van der Waals surface area (Å²) in [6, 6.07) is 9.01. The lowest BCUT2D eigenvalue weighted by Crippen LogP contribution is -2.47. The van der Waals surface area contributed by atoms with Crippen LogP contribution in [0.1, 0.15) is 18.5 Å². The van der Waals surface area contributed by atoms with Crippen molar-refractivity contribution in [3.05, 3.63) is 47.1 Å². The normalized spacial score (nSPS) is 17.2. The van der Waals surface area contributed by atoms with Crippen molar-refractivity contribution in [2.75, 3.05) is 31.1 Å². The van der Waals surface area contributed by atoms with Gasteiger partial charge in [-0.05, 0) is 36.8 Å². The molecule has 2 heterocycles. The van der Waals surface area contributed by atoms with Gasteiger partial charge in [0, 0.05) is 38.4 Å². The average molecular weight is 334 g/mol. The van der Waals surface area contributed by atoms with Crippen molar-refractivity contribution in [1.29, 1.82) is 0 Å². The van der Waals surface area contributed by atoms with Crippen LogP contribution in [-0.4, -0.2) is 46.3 Å². The van der Waals surface area contributed by atoms with Crippen LogP contribution in [-0.2, 0) is 0 Å². The zero-order valence-electron chi connectivity index (χ0n) is 13.0. The van der Waals surface area contributed by atoms with Crippen LogP contribution in [0.15, 0.2) is 36.5 Å². The molecule has 0 spiro atoms. The lowest BCUT2D eigenvalue weighted by molar-refractivity contribution is 0.198. The van der Waals surface area contributed by atoms with Crippen molar-refractivity contribution < 1.29 is 10.2 Å². The summed E-state index contributed by atoms with van der Waals surface area (Å²) >= 11 is 5.88. The first-order valence-electron chi connectivity index (χ1n) is 7.67. The highest BCUT2D eigenvalue weighted by atomic mass is 35.5. The molecule has 1 aromatic heterocycles. The van der Waals surface area contributed by atoms with E-state index in [0.29, 0.717) is 5.02 Å². The Hall–Kier alpha value is -1.98. The van der Waals surface area contributed by atoms with E-state index in [0.717, 1.165) is 37.6 Å². The smallest absolute Gasteiger partial charge is 0.157 e. The largest absolute Gasteiger partial charge is 0.504 e. The highest BCUT2D eigenvalue weighted by molar-refractivity contribution is 6.30. The molecule has 1 aromatic carbocycles. The SMILES string of the molecule is CC(c1ccc(O)c(O)c1)N1CCN(c2ccc(Cl)cn2)CC1. The predicted octanol–water partition coefficient (Wildman–Crippen LogP) is 3.03. The molecular formula is C17H20ClN3O2. The Morgan fingerprint density at radius 2 is 1.78 bits per heavy atom. The number of hydrogen-bond donors (Lipinski definition) is 2. The zero-order chi connectivity index (χ0) is 16.4. The van der Waals surface area contributed by atoms with Gasteiger partial charge in [0.2, 0.25) is 0 Å². The second kappa shape index (κ2) is 6.64. The van der Waals surface area contributed by atoms with Gasteiger partial charge in [-0.1, -0.05) is 17.7 Å². The van der Waals surface area contributed by atoms with Crippen LogP contribution < -0.4 is 4.90 Å². The Bertz CT molecular complexity index is 670. The summed E-state index contributed by atoms with van der Waals surface area (Å²) < 4.78 is 0. The van der Waals surface area contributed by atoms with Crippen LogP contribution in [0.25, 0.3) is 0 Å². The number of hydrogen-bond acceptors (Lipinski definition) is 5. The van der Waals surface area contributed by atoms with Crippen molar-refractivity contribution >= 4 is 17.4 Å². The molecule has 1 fully saturated rings. The van der Waals surface area contributed by atoms with Crippen LogP contribution in [0.5, 0.6) is 11.5 Å². The van der Waals surface area contributed by atoms with Crippen molar-refractivity contribution in [2.45, 2.75) is 13.0 Å². The fraction of sp³-hybridized carbons (Fsp3) is 0.353. The molecule has 0 radical (unpaired) electrons. The fourth-order valence-corrected chi connectivity index (χ4v) is 3.02. The number of benzene rings is 1. The van der Waals surface area contributed by atoms with E-state index >= 15 is 0 Å². The minimum absolute atomic E-state index is 0.0710. The van der Waals surface area contributed by atoms with Crippen LogP contribution >= 0.6 is 11.6 Å². The molecule has 0 bridgehead atoms. The molecule has 0 saturated carbocycles. The summed E-state index contributed by atoms with van der Waals surface area (Å²) in [5, 5.41) is 19.7. The van der Waals surface area contributed by atoms with Crippen LogP contribution in [0.2, 0.25) is 5.02 Å². The quantitative estimate of drug-likeness (QED) is 0.845. The topological polar surface area (TPSA) is 59.8 Å². The van der Waals surface area contributed by atoms with Crippen molar-refractivity contribution in [1.82, 2.24) is 9.88 Å². The monoisotopic (exact) mass is 333 g/mol. The lowest BCUT2D eigenvalue weighted by Gasteiger charge is -2.38. The van der Waals surface area contributed by atoms with Gasteiger partial charge in [0.25, 0.3) is 0 Å². The van der Waals surface area contributed by atoms with Gasteiger partial charge in [0.15, 0.2) is 11.5 Å². The van der Waals surface area contributed by atoms with E-state index in [1.54, 1.807) is 12.3 Å². The number of phenols is 2. The molecule has 122 valence electrons. The van der Waals surface area contributed by atoms with E-state index in [9.17, 15) is 10.2 Å². The molecule has 1 saturated heterocycles. The maximum atomic E-state index is 9.66. The van der Waals surface area contributed by atoms with Gasteiger partial charge in [0.05, 0.1) is 5.02 Å². The van der Waals surface area contributed by atoms with Gasteiger partial charge >= 0.3 is 0 Å². The molecule has 1 atom stereocenters. The number of rotatable bonds is 3. The van der Waals surface area contributed by atoms with Crippen LogP contribution in [0.3, 0.4) is 0 Å². The lowest BCUT2D eigenvalue weighted by atomic mass is 10.1. The van der Waals surface area contributed by atoms with Crippen molar-refractivity contribution in [3.8, 4) is 11.5 Å². The van der Waals surface area contributed by atoms with Gasteiger partial charge in [-0.25, -0.2) is 4.98 Å². The molecule has 0 aliphatic carbocycles. The third-order valence-electron chi connectivity index (χ3n) is 4.38. The maximum Gasteiger partial charge on any atom is 0.157 e. The number of aromatic nitrogens is 1. The third kappa shape index (κ3) is 3.51. The summed E-state index contributed by atoms with van der Waals surface area (Å²) in [5.74, 6) is 0.793. The summed E-state index contributed by atoms with van der Waals surface area (Å²) in [5.41, 5.74) is 0.998. The summed E-state index contributed by atoms with van der Waals surface area (Å²) in [6.45, 7) is 5.72. The molecule has 1 aliphatic rings. The summed E-state index contributed by atoms with van der Waals surface area (Å²) in [7, 11) is 0. The van der Waals surface area contributed by atoms with Crippen LogP contribution in [0, 0.1) is 0 Å². The molecular weight excluding hydrogens is 314 g/mol. The van der Waals surface area contributed by atoms with E-state index in [2.05, 4.69) is 21.7 Å². The Morgan fingerprint density at radius 3 is 2.39 bits per heavy atom. The Balaban J connectivity index is 1.63. The average Bonchev–Trinajstić information content (AvgIpc) is 2.57. The molecule has 2 N–H and O–H groups in total. The Kier molecular flexibility index (Phi) is 4.59. The van der Waals surface area contributed by atoms with E-state index in [1.807, 2.05) is 18.2 Å². The maximum absolute atomic E-state index is 9.66. The number of anilines is 1. The standard InChI is InChI=1S/C17H20ClN3O2/c1-12(13-2-4-15(22)16(23)10-13)20-6-8-21(9-7-20)17-5-3-14(18)11-19-17/h2-5,10-12,22-23H,6-9H2,1H3. The molecule has 5 nitrogen and oxygen atoms in total. The number of aromatic hydroxyl groups is 2. The first-order chi connectivity index (χ1) is 11.0. The summed E-state index contributed by atoms with van der Waals surface area (Å²) in [4.78, 5) is 8.97. The van der Waals surface area contributed by atoms with Gasteiger partial charge in [-0.15, -0.1) is 0 Å². The van der Waals surface area contributed by atoms with Crippen molar-refractivity contribution in [3.63, 3.8) is 0 Å². The second-order valence-electron chi connectivity index (χ2n) is 5.78. The number of pyridine rings is 1. The van der Waals surface area contributed by atoms with E-state index in [-0.39, 0.29) is 17.5 Å². The van der Waals surface area contributed by atoms with Crippen LogP contribution in [0.4, 0.5) is 5.82 Å². The molecule has 0 amide bonds. The Labute approximate surface area is 140 Å². The number of phenolic OH excluding ortho intramolecular Hbond substituents is 2. The first-order valence-corrected chi connectivity index (χ1v) is 8.05. The van der Waals surface area contributed by atoms with Gasteiger partial charge in [0.1, 0.15) is 5.82 Å². The number of piperazine rings is 1. The third-order valence-corrected chi connectivity index (χ3v) is 4.60. The van der Waals surface area contributed by atoms with Gasteiger partial charge in [-0.3, -0.25) is 4.90 Å². The first kappa shape index (κ1) is 15.9. The van der Waals surface area contributed by atoms with E-state index < -0.39 is 0 Å². The predicted molar refractivity (Wildman–Crippen MR) is 91.2 cm³/mol. The van der Waals surface area contributed by atoms with E-state index in [1.165, 1.54) is 6.07 Å². The summed E-state index contributed by atoms with van der Waals surface area (Å²) in [6.07, 6.45) is 1.67. The molecule has 6 heteroatoms. The Morgan fingerprint density at radius 1 is 1.04 bits per heavy atom. The number of nitrogens with zero attached hydrogens (tertiary/aromatic N) is 3. The molecule has 1 unspecified atom stereocenters. The molecule has 23 heavy (non-hydrogen) atoms. The minimum Gasteiger partial charge on any atom is -0.504 e. The minimum atomic E-state index is -0.0837. The highest BCUT2D eigenvalue weighted by Crippen LogP contribution is 2.30. The van der Waals surface area contributed by atoms with E-state index in [4.69, 9.17) is 11.6 Å². The zero-order valence-corrected chi connectivity index (χ0v) is 13.7. The number of halogens is 1. The highest BCUT2D eigenvalue weighted by Gasteiger charge is 2.23. The molecule has 2 aromatic rings.